The Morgan fingerprint density at radius 1 is 0.900 bits per heavy atom. The Kier molecular flexibility index (Phi) is 12.7. The van der Waals surface area contributed by atoms with Gasteiger partial charge in [-0.3, -0.25) is 19.2 Å². The molecule has 4 atom stereocenters. The molecule has 0 radical (unpaired) electrons. The summed E-state index contributed by atoms with van der Waals surface area (Å²) in [6, 6.07) is -4.14. The van der Waals surface area contributed by atoms with Crippen LogP contribution in [0.5, 0.6) is 0 Å². The van der Waals surface area contributed by atoms with Crippen LogP contribution in [0.2, 0.25) is 0 Å². The first-order chi connectivity index (χ1) is 13.9. The monoisotopic (exact) mass is 447 g/mol. The van der Waals surface area contributed by atoms with Crippen molar-refractivity contribution in [2.24, 2.45) is 17.4 Å². The Balaban J connectivity index is 5.16. The Labute approximate surface area is 180 Å². The average molecular weight is 448 g/mol. The molecule has 0 saturated carbocycles. The van der Waals surface area contributed by atoms with Crippen LogP contribution in [0.15, 0.2) is 0 Å². The highest BCUT2D eigenvalue weighted by Gasteiger charge is 2.29. The number of carboxylic acids is 1. The molecule has 4 amide bonds. The molecule has 0 aliphatic carbocycles. The fourth-order valence-corrected chi connectivity index (χ4v) is 2.77. The molecule has 0 aromatic heterocycles. The molecule has 0 aliphatic heterocycles. The number of nitrogens with two attached hydrogens (primary N) is 2. The molecule has 0 heterocycles. The van der Waals surface area contributed by atoms with Crippen molar-refractivity contribution in [3.05, 3.63) is 0 Å². The summed E-state index contributed by atoms with van der Waals surface area (Å²) in [5.74, 6) is -3.47. The summed E-state index contributed by atoms with van der Waals surface area (Å²) in [7, 11) is 0. The number of hydrogen-bond acceptors (Lipinski definition) is 7. The van der Waals surface area contributed by atoms with E-state index in [1.807, 2.05) is 0 Å². The molecule has 12 heteroatoms. The zero-order chi connectivity index (χ0) is 23.4. The van der Waals surface area contributed by atoms with Gasteiger partial charge in [0.15, 0.2) is 0 Å². The van der Waals surface area contributed by atoms with Gasteiger partial charge >= 0.3 is 5.97 Å². The van der Waals surface area contributed by atoms with Crippen LogP contribution in [0, 0.1) is 5.92 Å². The summed E-state index contributed by atoms with van der Waals surface area (Å²) < 4.78 is 0. The van der Waals surface area contributed by atoms with Gasteiger partial charge in [-0.1, -0.05) is 13.8 Å². The van der Waals surface area contributed by atoms with Gasteiger partial charge in [0.05, 0.1) is 6.04 Å². The van der Waals surface area contributed by atoms with Gasteiger partial charge in [0, 0.05) is 6.42 Å². The Bertz CT molecular complexity index is 630. The van der Waals surface area contributed by atoms with E-state index in [-0.39, 0.29) is 25.2 Å². The molecule has 0 aliphatic rings. The first kappa shape index (κ1) is 27.7. The first-order valence-electron chi connectivity index (χ1n) is 9.57. The summed E-state index contributed by atoms with van der Waals surface area (Å²) >= 11 is 1.43. The van der Waals surface area contributed by atoms with Gasteiger partial charge in [-0.25, -0.2) is 4.79 Å². The standard InChI is InChI=1S/C18H33N5O6S/c1-9(2)14(20)17(27)21-10(3)15(25)22-11(5-6-13(19)24)16(26)23-12(18(28)29)7-8-30-4/h9-12,14H,5-8,20H2,1-4H3,(H2,19,24)(H,21,27)(H,22,25)(H,23,26)(H,28,29). The fraction of sp³-hybridized carbons (Fsp3) is 0.722. The number of thioether (sulfide) groups is 1. The van der Waals surface area contributed by atoms with Crippen LogP contribution < -0.4 is 27.4 Å². The highest BCUT2D eigenvalue weighted by Crippen LogP contribution is 2.05. The van der Waals surface area contributed by atoms with Crippen molar-refractivity contribution in [1.82, 2.24) is 16.0 Å². The smallest absolute Gasteiger partial charge is 0.326 e. The van der Waals surface area contributed by atoms with Gasteiger partial charge in [-0.15, -0.1) is 0 Å². The number of rotatable bonds is 14. The first-order valence-corrected chi connectivity index (χ1v) is 11.0. The van der Waals surface area contributed by atoms with E-state index >= 15 is 0 Å². The molecular formula is C18H33N5O6S. The van der Waals surface area contributed by atoms with Gasteiger partial charge in [0.2, 0.25) is 23.6 Å². The topological polar surface area (TPSA) is 194 Å². The summed E-state index contributed by atoms with van der Waals surface area (Å²) in [4.78, 5) is 59.5. The molecule has 0 bridgehead atoms. The molecule has 8 N–H and O–H groups in total. The van der Waals surface area contributed by atoms with Crippen LogP contribution in [-0.2, 0) is 24.0 Å². The Morgan fingerprint density at radius 3 is 1.93 bits per heavy atom. The van der Waals surface area contributed by atoms with Gasteiger partial charge in [-0.2, -0.15) is 11.8 Å². The highest BCUT2D eigenvalue weighted by molar-refractivity contribution is 7.98. The third kappa shape index (κ3) is 10.4. The molecule has 0 aromatic rings. The van der Waals surface area contributed by atoms with Crippen molar-refractivity contribution in [2.75, 3.05) is 12.0 Å². The van der Waals surface area contributed by atoms with E-state index in [4.69, 9.17) is 11.5 Å². The van der Waals surface area contributed by atoms with E-state index in [9.17, 15) is 29.1 Å². The van der Waals surface area contributed by atoms with Crippen LogP contribution in [0.1, 0.15) is 40.0 Å². The van der Waals surface area contributed by atoms with Crippen molar-refractivity contribution in [1.29, 1.82) is 0 Å². The zero-order valence-corrected chi connectivity index (χ0v) is 18.6. The molecule has 172 valence electrons. The number of carbonyl (C=O) groups excluding carboxylic acids is 4. The van der Waals surface area contributed by atoms with E-state index in [0.29, 0.717) is 5.75 Å². The molecule has 0 spiro atoms. The number of primary amides is 1. The van der Waals surface area contributed by atoms with E-state index in [0.717, 1.165) is 0 Å². The predicted octanol–water partition coefficient (Wildman–Crippen LogP) is -1.45. The van der Waals surface area contributed by atoms with Gasteiger partial charge in [0.1, 0.15) is 18.1 Å². The fourth-order valence-electron chi connectivity index (χ4n) is 2.30. The number of hydrogen-bond donors (Lipinski definition) is 6. The van der Waals surface area contributed by atoms with Gasteiger partial charge in [0.25, 0.3) is 0 Å². The largest absolute Gasteiger partial charge is 0.480 e. The molecule has 0 fully saturated rings. The van der Waals surface area contributed by atoms with Crippen LogP contribution in [0.25, 0.3) is 0 Å². The van der Waals surface area contributed by atoms with Crippen molar-refractivity contribution < 1.29 is 29.1 Å². The lowest BCUT2D eigenvalue weighted by Gasteiger charge is -2.24. The molecule has 0 aromatic carbocycles. The molecule has 4 unspecified atom stereocenters. The van der Waals surface area contributed by atoms with Crippen LogP contribution in [0.4, 0.5) is 0 Å². The second kappa shape index (κ2) is 13.8. The van der Waals surface area contributed by atoms with Gasteiger partial charge < -0.3 is 32.5 Å². The second-order valence-electron chi connectivity index (χ2n) is 7.25. The normalized spacial score (nSPS) is 14.9. The Hall–Kier alpha value is -2.34. The molecule has 0 rings (SSSR count). The lowest BCUT2D eigenvalue weighted by molar-refractivity contribution is -0.142. The number of aliphatic carboxylic acids is 1. The average Bonchev–Trinajstić information content (AvgIpc) is 2.66. The maximum Gasteiger partial charge on any atom is 0.326 e. The van der Waals surface area contributed by atoms with Crippen molar-refractivity contribution in [2.45, 2.75) is 64.2 Å². The molecule has 0 saturated heterocycles. The zero-order valence-electron chi connectivity index (χ0n) is 17.8. The molecule has 11 nitrogen and oxygen atoms in total. The van der Waals surface area contributed by atoms with E-state index in [1.165, 1.54) is 18.7 Å². The number of carbonyl (C=O) groups is 5. The quantitative estimate of drug-likeness (QED) is 0.186. The SMILES string of the molecule is CSCCC(NC(=O)C(CCC(N)=O)NC(=O)C(C)NC(=O)C(N)C(C)C)C(=O)O. The molecule has 30 heavy (non-hydrogen) atoms. The Morgan fingerprint density at radius 2 is 1.47 bits per heavy atom. The summed E-state index contributed by atoms with van der Waals surface area (Å²) in [6.45, 7) is 4.94. The van der Waals surface area contributed by atoms with Crippen molar-refractivity contribution in [3.63, 3.8) is 0 Å². The minimum atomic E-state index is -1.21. The summed E-state index contributed by atoms with van der Waals surface area (Å²) in [5.41, 5.74) is 10.9. The van der Waals surface area contributed by atoms with Crippen LogP contribution in [0.3, 0.4) is 0 Å². The minimum Gasteiger partial charge on any atom is -0.480 e. The van der Waals surface area contributed by atoms with Crippen LogP contribution >= 0.6 is 11.8 Å². The summed E-state index contributed by atoms with van der Waals surface area (Å²) in [6.07, 6.45) is 1.68. The van der Waals surface area contributed by atoms with E-state index in [1.54, 1.807) is 20.1 Å². The second-order valence-corrected chi connectivity index (χ2v) is 8.23. The summed E-state index contributed by atoms with van der Waals surface area (Å²) in [5, 5.41) is 16.5. The third-order valence-electron chi connectivity index (χ3n) is 4.31. The maximum atomic E-state index is 12.6. The number of carboxylic acid groups (broad SMARTS) is 1. The van der Waals surface area contributed by atoms with E-state index in [2.05, 4.69) is 16.0 Å². The van der Waals surface area contributed by atoms with Gasteiger partial charge in [-0.05, 0) is 37.7 Å². The van der Waals surface area contributed by atoms with E-state index < -0.39 is 53.8 Å². The minimum absolute atomic E-state index is 0.117. The number of nitrogens with one attached hydrogen (secondary N) is 3. The lowest BCUT2D eigenvalue weighted by atomic mass is 10.0. The van der Waals surface area contributed by atoms with Crippen molar-refractivity contribution >= 4 is 41.4 Å². The lowest BCUT2D eigenvalue weighted by Crippen LogP contribution is -2.56. The predicted molar refractivity (Wildman–Crippen MR) is 113 cm³/mol. The van der Waals surface area contributed by atoms with Crippen LogP contribution in [-0.4, -0.2) is 70.9 Å². The third-order valence-corrected chi connectivity index (χ3v) is 4.95. The van der Waals surface area contributed by atoms with Crippen molar-refractivity contribution in [3.8, 4) is 0 Å². The maximum absolute atomic E-state index is 12.6. The number of amides is 4. The highest BCUT2D eigenvalue weighted by atomic mass is 32.2. The molecular weight excluding hydrogens is 414 g/mol.